The van der Waals surface area contributed by atoms with Gasteiger partial charge in [0, 0.05) is 39.3 Å². The number of carbonyl (C=O) groups is 2. The zero-order chi connectivity index (χ0) is 23.7. The number of benzene rings is 3. The second-order valence-corrected chi connectivity index (χ2v) is 8.71. The van der Waals surface area contributed by atoms with E-state index in [4.69, 9.17) is 27.9 Å². The van der Waals surface area contributed by atoms with Crippen molar-refractivity contribution in [2.24, 2.45) is 0 Å². The molecule has 0 saturated carbocycles. The van der Waals surface area contributed by atoms with E-state index in [1.54, 1.807) is 48.5 Å². The van der Waals surface area contributed by atoms with E-state index in [2.05, 4.69) is 15.6 Å². The van der Waals surface area contributed by atoms with E-state index in [0.717, 1.165) is 22.0 Å². The molecule has 2 heterocycles. The normalized spacial score (nSPS) is 13.9. The molecule has 0 bridgehead atoms. The number of H-pyrrole nitrogens is 1. The Morgan fingerprint density at radius 3 is 2.62 bits per heavy atom. The molecule has 0 radical (unpaired) electrons. The maximum absolute atomic E-state index is 12.7. The summed E-state index contributed by atoms with van der Waals surface area (Å²) in [6.45, 7) is 0.451. The van der Waals surface area contributed by atoms with Crippen molar-refractivity contribution in [2.75, 3.05) is 11.9 Å². The fraction of sp³-hybridized carbons (Fsp3) is 0.0769. The van der Waals surface area contributed by atoms with Gasteiger partial charge in [0.1, 0.15) is 0 Å². The Balaban J connectivity index is 1.25. The first-order valence-corrected chi connectivity index (χ1v) is 11.4. The maximum atomic E-state index is 12.7. The van der Waals surface area contributed by atoms with Crippen LogP contribution in [0.15, 0.2) is 72.6 Å². The minimum Gasteiger partial charge on any atom is -0.449 e. The van der Waals surface area contributed by atoms with Crippen LogP contribution in [0.25, 0.3) is 17.0 Å². The van der Waals surface area contributed by atoms with Crippen molar-refractivity contribution in [1.82, 2.24) is 10.3 Å². The topological polar surface area (TPSA) is 83.2 Å². The molecule has 2 amide bonds. The van der Waals surface area contributed by atoms with E-state index in [-0.39, 0.29) is 11.7 Å². The first-order valence-electron chi connectivity index (χ1n) is 10.6. The monoisotopic (exact) mass is 491 g/mol. The van der Waals surface area contributed by atoms with E-state index in [0.29, 0.717) is 40.0 Å². The van der Waals surface area contributed by atoms with E-state index in [1.807, 2.05) is 24.4 Å². The Morgan fingerprint density at radius 1 is 1.00 bits per heavy atom. The van der Waals surface area contributed by atoms with Crippen LogP contribution in [0.1, 0.15) is 21.5 Å². The zero-order valence-electron chi connectivity index (χ0n) is 17.8. The molecule has 170 valence electrons. The first-order chi connectivity index (χ1) is 16.5. The number of rotatable bonds is 5. The lowest BCUT2D eigenvalue weighted by molar-refractivity contribution is -0.115. The van der Waals surface area contributed by atoms with Crippen LogP contribution in [0.2, 0.25) is 10.0 Å². The van der Waals surface area contributed by atoms with Gasteiger partial charge in [-0.15, -0.1) is 0 Å². The SMILES string of the molecule is O=C1Nc2cc(C(=O)NCCc3c[nH]c4ccc(Cl)cc34)ccc2OC1=Cc1ccc(Cl)cc1. The van der Waals surface area contributed by atoms with E-state index in [1.165, 1.54) is 0 Å². The van der Waals surface area contributed by atoms with Crippen molar-refractivity contribution >= 4 is 57.7 Å². The van der Waals surface area contributed by atoms with Gasteiger partial charge < -0.3 is 20.4 Å². The van der Waals surface area contributed by atoms with Crippen molar-refractivity contribution in [2.45, 2.75) is 6.42 Å². The Bertz CT molecular complexity index is 1440. The van der Waals surface area contributed by atoms with Gasteiger partial charge in [0.15, 0.2) is 11.5 Å². The molecule has 8 heteroatoms. The van der Waals surface area contributed by atoms with Crippen LogP contribution >= 0.6 is 23.2 Å². The lowest BCUT2D eigenvalue weighted by Gasteiger charge is -2.20. The molecule has 1 aromatic heterocycles. The molecule has 0 spiro atoms. The first kappa shape index (κ1) is 22.1. The summed E-state index contributed by atoms with van der Waals surface area (Å²) in [6.07, 6.45) is 4.21. The number of carbonyl (C=O) groups excluding carboxylic acids is 2. The molecule has 6 nitrogen and oxygen atoms in total. The number of amides is 2. The highest BCUT2D eigenvalue weighted by Gasteiger charge is 2.23. The molecule has 1 aliphatic heterocycles. The maximum Gasteiger partial charge on any atom is 0.291 e. The molecule has 0 aliphatic carbocycles. The van der Waals surface area contributed by atoms with Crippen LogP contribution in [-0.4, -0.2) is 23.3 Å². The molecule has 0 unspecified atom stereocenters. The van der Waals surface area contributed by atoms with Crippen molar-refractivity contribution in [3.63, 3.8) is 0 Å². The highest BCUT2D eigenvalue weighted by molar-refractivity contribution is 6.31. The Hall–Kier alpha value is -3.74. The predicted octanol–water partition coefficient (Wildman–Crippen LogP) is 5.82. The molecule has 0 fully saturated rings. The third-order valence-electron chi connectivity index (χ3n) is 5.51. The largest absolute Gasteiger partial charge is 0.449 e. The molecular weight excluding hydrogens is 473 g/mol. The quantitative estimate of drug-likeness (QED) is 0.307. The standard InChI is InChI=1S/C26H19Cl2N3O3/c27-18-4-1-15(2-5-18)11-24-26(33)31-22-12-16(3-8-23(22)34-24)25(32)29-10-9-17-14-30-21-7-6-19(28)13-20(17)21/h1-8,11-14,30H,9-10H2,(H,29,32)(H,31,33). The van der Waals surface area contributed by atoms with E-state index in [9.17, 15) is 9.59 Å². The summed E-state index contributed by atoms with van der Waals surface area (Å²) in [6, 6.07) is 17.7. The summed E-state index contributed by atoms with van der Waals surface area (Å²) in [5, 5.41) is 8.02. The van der Waals surface area contributed by atoms with Gasteiger partial charge in [-0.05, 0) is 72.2 Å². The van der Waals surface area contributed by atoms with Crippen LogP contribution in [0.5, 0.6) is 5.75 Å². The molecule has 3 aromatic carbocycles. The van der Waals surface area contributed by atoms with Gasteiger partial charge in [0.05, 0.1) is 5.69 Å². The van der Waals surface area contributed by atoms with Crippen molar-refractivity contribution in [3.05, 3.63) is 99.4 Å². The Kier molecular flexibility index (Phi) is 6.01. The molecular formula is C26H19Cl2N3O3. The van der Waals surface area contributed by atoms with Gasteiger partial charge in [-0.2, -0.15) is 0 Å². The van der Waals surface area contributed by atoms with E-state index >= 15 is 0 Å². The van der Waals surface area contributed by atoms with Crippen LogP contribution in [0.4, 0.5) is 5.69 Å². The number of nitrogens with one attached hydrogen (secondary N) is 3. The van der Waals surface area contributed by atoms with E-state index < -0.39 is 5.91 Å². The molecule has 1 aliphatic rings. The molecule has 4 aromatic rings. The number of ether oxygens (including phenoxy) is 1. The highest BCUT2D eigenvalue weighted by Crippen LogP contribution is 2.32. The minimum atomic E-state index is -0.391. The summed E-state index contributed by atoms with van der Waals surface area (Å²) in [5.41, 5.74) is 3.72. The van der Waals surface area contributed by atoms with Gasteiger partial charge in [-0.3, -0.25) is 9.59 Å². The second kappa shape index (κ2) is 9.25. The number of hydrogen-bond acceptors (Lipinski definition) is 3. The fourth-order valence-corrected chi connectivity index (χ4v) is 4.08. The molecule has 3 N–H and O–H groups in total. The Labute approximate surface area is 205 Å². The average molecular weight is 492 g/mol. The van der Waals surface area contributed by atoms with Gasteiger partial charge in [-0.25, -0.2) is 0 Å². The number of fused-ring (bicyclic) bond motifs is 2. The number of hydrogen-bond donors (Lipinski definition) is 3. The summed E-state index contributed by atoms with van der Waals surface area (Å²) in [7, 11) is 0. The van der Waals surface area contributed by atoms with Crippen molar-refractivity contribution in [1.29, 1.82) is 0 Å². The smallest absolute Gasteiger partial charge is 0.291 e. The van der Waals surface area contributed by atoms with Gasteiger partial charge in [0.25, 0.3) is 11.8 Å². The van der Waals surface area contributed by atoms with Crippen molar-refractivity contribution < 1.29 is 14.3 Å². The summed E-state index contributed by atoms with van der Waals surface area (Å²) in [4.78, 5) is 28.4. The number of anilines is 1. The number of halogens is 2. The second-order valence-electron chi connectivity index (χ2n) is 7.84. The fourth-order valence-electron chi connectivity index (χ4n) is 3.78. The molecule has 0 atom stereocenters. The van der Waals surface area contributed by atoms with Gasteiger partial charge >= 0.3 is 0 Å². The molecule has 5 rings (SSSR count). The van der Waals surface area contributed by atoms with Crippen molar-refractivity contribution in [3.8, 4) is 5.75 Å². The summed E-state index contributed by atoms with van der Waals surface area (Å²) >= 11 is 12.0. The minimum absolute atomic E-state index is 0.158. The summed E-state index contributed by atoms with van der Waals surface area (Å²) in [5.74, 6) is -0.00618. The Morgan fingerprint density at radius 2 is 1.79 bits per heavy atom. The van der Waals surface area contributed by atoms with Gasteiger partial charge in [-0.1, -0.05) is 35.3 Å². The van der Waals surface area contributed by atoms with Crippen LogP contribution < -0.4 is 15.4 Å². The lowest BCUT2D eigenvalue weighted by atomic mass is 10.1. The number of aromatic nitrogens is 1. The highest BCUT2D eigenvalue weighted by atomic mass is 35.5. The third kappa shape index (κ3) is 4.64. The third-order valence-corrected chi connectivity index (χ3v) is 6.00. The lowest BCUT2D eigenvalue weighted by Crippen LogP contribution is -2.27. The van der Waals surface area contributed by atoms with Crippen LogP contribution in [0.3, 0.4) is 0 Å². The zero-order valence-corrected chi connectivity index (χ0v) is 19.3. The average Bonchev–Trinajstić information content (AvgIpc) is 3.22. The predicted molar refractivity (Wildman–Crippen MR) is 134 cm³/mol. The molecule has 0 saturated heterocycles. The van der Waals surface area contributed by atoms with Gasteiger partial charge in [0.2, 0.25) is 0 Å². The number of aromatic amines is 1. The summed E-state index contributed by atoms with van der Waals surface area (Å²) < 4.78 is 5.76. The van der Waals surface area contributed by atoms with Crippen LogP contribution in [0, 0.1) is 0 Å². The van der Waals surface area contributed by atoms with Crippen LogP contribution in [-0.2, 0) is 11.2 Å². The molecule has 34 heavy (non-hydrogen) atoms.